The molecule has 7 heterocycles. The molecular formula is C20H24N10O10P2S. The quantitative estimate of drug-likeness (QED) is 0.142. The third-order valence-corrected chi connectivity index (χ3v) is 9.66. The summed E-state index contributed by atoms with van der Waals surface area (Å²) in [7, 11) is -3.10. The average molecular weight is 658 g/mol. The second kappa shape index (κ2) is 10.8. The Kier molecular flexibility index (Phi) is 7.19. The lowest BCUT2D eigenvalue weighted by Gasteiger charge is -2.25. The second-order valence-corrected chi connectivity index (χ2v) is 13.8. The van der Waals surface area contributed by atoms with Gasteiger partial charge in [0.2, 0.25) is 11.9 Å². The first-order valence-electron chi connectivity index (χ1n) is 12.8. The van der Waals surface area contributed by atoms with Crippen LogP contribution in [-0.2, 0) is 36.7 Å². The van der Waals surface area contributed by atoms with Crippen LogP contribution in [0.15, 0.2) is 22.2 Å². The van der Waals surface area contributed by atoms with Crippen molar-refractivity contribution in [2.45, 2.75) is 49.7 Å². The number of hydrogen-bond acceptors (Lipinski definition) is 16. The van der Waals surface area contributed by atoms with Gasteiger partial charge in [-0.3, -0.25) is 42.3 Å². The van der Waals surface area contributed by atoms with Crippen molar-refractivity contribution in [3.05, 3.63) is 33.4 Å². The predicted octanol–water partition coefficient (Wildman–Crippen LogP) is 0.237. The number of imidazole rings is 2. The lowest BCUT2D eigenvalue weighted by molar-refractivity contribution is -0.0552. The maximum absolute atomic E-state index is 13.4. The minimum Gasteiger partial charge on any atom is -0.369 e. The molecule has 2 bridgehead atoms. The van der Waals surface area contributed by atoms with Gasteiger partial charge in [0.15, 0.2) is 28.6 Å². The fourth-order valence-corrected chi connectivity index (χ4v) is 7.66. The fraction of sp³-hybridized carbons (Fsp3) is 0.500. The van der Waals surface area contributed by atoms with Crippen LogP contribution in [-0.4, -0.2) is 76.7 Å². The number of nitrogens with one attached hydrogen (secondary N) is 2. The zero-order valence-electron chi connectivity index (χ0n) is 21.8. The SMILES string of the molecule is Nc1nc2c(ncn2[C@@H]2O[C@@H]3CO[PH](=O)O[C@H]4C[C@H](n5cnc6c(=O)[nH]c(N)nc65)O[C@@H]4COP(=O)(S)OC2C3)c(=O)[nH]1. The topological polar surface area (TPSA) is 269 Å². The molecule has 230 valence electrons. The van der Waals surface area contributed by atoms with Gasteiger partial charge in [0.25, 0.3) is 11.1 Å². The highest BCUT2D eigenvalue weighted by molar-refractivity contribution is 8.44. The van der Waals surface area contributed by atoms with Crippen molar-refractivity contribution < 1.29 is 36.7 Å². The van der Waals surface area contributed by atoms with Crippen LogP contribution in [0.1, 0.15) is 25.3 Å². The molecule has 8 atom stereocenters. The van der Waals surface area contributed by atoms with Gasteiger partial charge >= 0.3 is 15.1 Å². The normalized spacial score (nSPS) is 33.7. The molecule has 0 aromatic carbocycles. The van der Waals surface area contributed by atoms with Gasteiger partial charge in [0.1, 0.15) is 18.4 Å². The highest BCUT2D eigenvalue weighted by atomic mass is 32.7. The molecule has 4 aromatic rings. The highest BCUT2D eigenvalue weighted by Crippen LogP contribution is 2.57. The molecule has 3 aliphatic rings. The van der Waals surface area contributed by atoms with E-state index in [9.17, 15) is 18.7 Å². The lowest BCUT2D eigenvalue weighted by Crippen LogP contribution is -2.28. The molecule has 7 rings (SSSR count). The van der Waals surface area contributed by atoms with E-state index in [4.69, 9.17) is 39.0 Å². The Morgan fingerprint density at radius 3 is 2.28 bits per heavy atom. The van der Waals surface area contributed by atoms with Gasteiger partial charge in [-0.15, -0.1) is 0 Å². The molecule has 0 saturated carbocycles. The van der Waals surface area contributed by atoms with Crippen LogP contribution >= 0.6 is 27.3 Å². The molecule has 0 amide bonds. The number of hydrogen-bond donors (Lipinski definition) is 5. The number of H-pyrrole nitrogens is 2. The van der Waals surface area contributed by atoms with Gasteiger partial charge in [-0.1, -0.05) is 12.2 Å². The van der Waals surface area contributed by atoms with Crippen molar-refractivity contribution in [3.8, 4) is 0 Å². The first-order chi connectivity index (χ1) is 20.5. The van der Waals surface area contributed by atoms with E-state index in [1.54, 1.807) is 0 Å². The molecule has 43 heavy (non-hydrogen) atoms. The molecule has 3 aliphatic heterocycles. The number of rotatable bonds is 2. The van der Waals surface area contributed by atoms with E-state index in [-0.39, 0.29) is 60.3 Å². The average Bonchev–Trinajstić information content (AvgIpc) is 3.71. The zero-order chi connectivity index (χ0) is 30.0. The number of aromatic nitrogens is 8. The van der Waals surface area contributed by atoms with Gasteiger partial charge in [0, 0.05) is 12.8 Å². The summed E-state index contributed by atoms with van der Waals surface area (Å²) in [6.45, 7) is -4.60. The number of anilines is 2. The molecule has 3 unspecified atom stereocenters. The van der Waals surface area contributed by atoms with Crippen LogP contribution in [0, 0.1) is 0 Å². The van der Waals surface area contributed by atoms with E-state index in [1.807, 2.05) is 0 Å². The van der Waals surface area contributed by atoms with Gasteiger partial charge in [-0.05, 0) is 0 Å². The van der Waals surface area contributed by atoms with Crippen LogP contribution in [0.2, 0.25) is 0 Å². The van der Waals surface area contributed by atoms with Crippen LogP contribution < -0.4 is 22.6 Å². The van der Waals surface area contributed by atoms with E-state index in [0.717, 1.165) is 0 Å². The number of fused-ring (bicyclic) bond motifs is 5. The van der Waals surface area contributed by atoms with E-state index >= 15 is 0 Å². The summed E-state index contributed by atoms with van der Waals surface area (Å²) in [5.74, 6) is -0.259. The van der Waals surface area contributed by atoms with Crippen molar-refractivity contribution in [2.24, 2.45) is 0 Å². The summed E-state index contributed by atoms with van der Waals surface area (Å²) in [6.07, 6.45) is -2.28. The number of nitrogen functional groups attached to an aromatic ring is 2. The van der Waals surface area contributed by atoms with Crippen LogP contribution in [0.4, 0.5) is 11.9 Å². The Labute approximate surface area is 245 Å². The Morgan fingerprint density at radius 2 is 1.58 bits per heavy atom. The first kappa shape index (κ1) is 28.6. The molecule has 3 fully saturated rings. The Hall–Kier alpha value is -3.13. The Bertz CT molecular complexity index is 1910. The lowest BCUT2D eigenvalue weighted by atomic mass is 10.2. The number of nitrogens with two attached hydrogens (primary N) is 2. The van der Waals surface area contributed by atoms with Crippen molar-refractivity contribution in [3.63, 3.8) is 0 Å². The van der Waals surface area contributed by atoms with Gasteiger partial charge in [-0.2, -0.15) is 9.97 Å². The van der Waals surface area contributed by atoms with E-state index < -0.39 is 63.0 Å². The van der Waals surface area contributed by atoms with Crippen molar-refractivity contribution in [1.82, 2.24) is 39.0 Å². The van der Waals surface area contributed by atoms with E-state index in [2.05, 4.69) is 42.2 Å². The molecule has 0 aliphatic carbocycles. The minimum atomic E-state index is -4.09. The van der Waals surface area contributed by atoms with Crippen molar-refractivity contribution in [1.29, 1.82) is 0 Å². The van der Waals surface area contributed by atoms with Gasteiger partial charge in [0.05, 0.1) is 38.1 Å². The van der Waals surface area contributed by atoms with Crippen LogP contribution in [0.25, 0.3) is 22.3 Å². The summed E-state index contributed by atoms with van der Waals surface area (Å²) in [6, 6.07) is 0. The number of aromatic amines is 2. The molecular weight excluding hydrogens is 634 g/mol. The Morgan fingerprint density at radius 1 is 0.930 bits per heavy atom. The molecule has 23 heteroatoms. The summed E-state index contributed by atoms with van der Waals surface area (Å²) in [4.78, 5) is 45.7. The second-order valence-electron chi connectivity index (χ2n) is 9.93. The van der Waals surface area contributed by atoms with Gasteiger partial charge < -0.3 is 30.0 Å². The molecule has 3 saturated heterocycles. The third kappa shape index (κ3) is 5.41. The first-order valence-corrected chi connectivity index (χ1v) is 16.7. The molecule has 0 spiro atoms. The Balaban J connectivity index is 1.15. The fourth-order valence-electron chi connectivity index (χ4n) is 5.28. The predicted molar refractivity (Wildman–Crippen MR) is 149 cm³/mol. The summed E-state index contributed by atoms with van der Waals surface area (Å²) in [5, 5.41) is 0. The third-order valence-electron chi connectivity index (χ3n) is 7.12. The smallest absolute Gasteiger partial charge is 0.369 e. The monoisotopic (exact) mass is 658 g/mol. The minimum absolute atomic E-state index is 0.00144. The molecule has 0 radical (unpaired) electrons. The maximum atomic E-state index is 13.4. The van der Waals surface area contributed by atoms with Crippen LogP contribution in [0.5, 0.6) is 0 Å². The number of thiol groups is 1. The largest absolute Gasteiger partial charge is 0.386 e. The highest BCUT2D eigenvalue weighted by Gasteiger charge is 2.45. The van der Waals surface area contributed by atoms with E-state index in [1.165, 1.54) is 21.8 Å². The summed E-state index contributed by atoms with van der Waals surface area (Å²) < 4.78 is 64.0. The maximum Gasteiger partial charge on any atom is 0.386 e. The number of ether oxygens (including phenoxy) is 2. The zero-order valence-corrected chi connectivity index (χ0v) is 24.6. The molecule has 20 nitrogen and oxygen atoms in total. The van der Waals surface area contributed by atoms with Crippen LogP contribution in [0.3, 0.4) is 0 Å². The summed E-state index contributed by atoms with van der Waals surface area (Å²) in [5.41, 5.74) is 10.6. The van der Waals surface area contributed by atoms with Crippen molar-refractivity contribution in [2.75, 3.05) is 24.7 Å². The van der Waals surface area contributed by atoms with Gasteiger partial charge in [-0.25, -0.2) is 14.5 Å². The molecule has 6 N–H and O–H groups in total. The van der Waals surface area contributed by atoms with Crippen molar-refractivity contribution >= 4 is 61.5 Å². The standard InChI is InChI=1S/C20H24N10O10P2S/c21-19-25-14-12(16(31)27-19)23-5-29(14)11-2-8-10(38-11)4-36-42(34,43)40-9-1-7(3-35-41(33)39-8)37-18(9)30-6-24-13-15(30)26-20(22)28-17(13)32/h5-11,18,41H,1-4H2,(H,34,43)(H3,21,25,27,31)(H3,22,26,28,32)/t7-,8-,9?,10+,11+,18+,42?/m0/s1. The number of nitrogens with zero attached hydrogens (tertiary/aromatic N) is 6. The molecule has 4 aromatic heterocycles. The summed E-state index contributed by atoms with van der Waals surface area (Å²) >= 11 is 4.16. The van der Waals surface area contributed by atoms with E-state index in [0.29, 0.717) is 0 Å².